The first-order valence-corrected chi connectivity index (χ1v) is 8.83. The highest BCUT2D eigenvalue weighted by Crippen LogP contribution is 2.36. The molecule has 1 heterocycles. The molecule has 0 spiro atoms. The minimum Gasteiger partial charge on any atom is -0.497 e. The van der Waals surface area contributed by atoms with E-state index in [1.165, 1.54) is 0 Å². The van der Waals surface area contributed by atoms with Crippen LogP contribution in [-0.2, 0) is 4.79 Å². The number of rotatable bonds is 5. The number of carbonyl (C=O) groups is 1. The van der Waals surface area contributed by atoms with Gasteiger partial charge in [0, 0.05) is 11.4 Å². The Kier molecular flexibility index (Phi) is 4.62. The number of anilines is 2. The summed E-state index contributed by atoms with van der Waals surface area (Å²) in [5, 5.41) is 3.26. The molecule has 4 heteroatoms. The van der Waals surface area contributed by atoms with Gasteiger partial charge in [-0.15, -0.1) is 0 Å². The van der Waals surface area contributed by atoms with Crippen molar-refractivity contribution in [2.75, 3.05) is 17.3 Å². The summed E-state index contributed by atoms with van der Waals surface area (Å²) in [5.41, 5.74) is 3.36. The predicted molar refractivity (Wildman–Crippen MR) is 108 cm³/mol. The normalized spacial score (nSPS) is 16.2. The number of hydrogen-bond acceptors (Lipinski definition) is 3. The van der Waals surface area contributed by atoms with Crippen molar-refractivity contribution in [1.29, 1.82) is 0 Å². The second-order valence-corrected chi connectivity index (χ2v) is 6.30. The molecule has 27 heavy (non-hydrogen) atoms. The molecule has 1 N–H and O–H groups in total. The van der Waals surface area contributed by atoms with Crippen molar-refractivity contribution in [3.8, 4) is 5.75 Å². The van der Waals surface area contributed by atoms with E-state index in [9.17, 15) is 4.79 Å². The van der Waals surface area contributed by atoms with Gasteiger partial charge >= 0.3 is 0 Å². The second-order valence-electron chi connectivity index (χ2n) is 6.30. The van der Waals surface area contributed by atoms with Gasteiger partial charge in [-0.05, 0) is 48.0 Å². The molecule has 1 aliphatic rings. The van der Waals surface area contributed by atoms with E-state index in [1.54, 1.807) is 7.11 Å². The number of nitrogens with one attached hydrogen (secondary N) is 1. The van der Waals surface area contributed by atoms with Crippen LogP contribution in [0.1, 0.15) is 11.6 Å². The minimum absolute atomic E-state index is 0.0501. The van der Waals surface area contributed by atoms with Gasteiger partial charge in [0.2, 0.25) is 0 Å². The van der Waals surface area contributed by atoms with Gasteiger partial charge in [0.1, 0.15) is 11.4 Å². The van der Waals surface area contributed by atoms with Gasteiger partial charge in [-0.1, -0.05) is 48.5 Å². The van der Waals surface area contributed by atoms with Crippen LogP contribution in [0.5, 0.6) is 5.75 Å². The van der Waals surface area contributed by atoms with Crippen LogP contribution in [0, 0.1) is 0 Å². The van der Waals surface area contributed by atoms with E-state index in [-0.39, 0.29) is 11.9 Å². The molecule has 0 saturated carbocycles. The van der Waals surface area contributed by atoms with Crippen molar-refractivity contribution in [2.45, 2.75) is 6.04 Å². The average Bonchev–Trinajstić information content (AvgIpc) is 3.05. The number of benzene rings is 3. The Balaban J connectivity index is 1.72. The lowest BCUT2D eigenvalue weighted by Crippen LogP contribution is -2.30. The Morgan fingerprint density at radius 2 is 1.48 bits per heavy atom. The van der Waals surface area contributed by atoms with Crippen molar-refractivity contribution in [2.24, 2.45) is 0 Å². The second kappa shape index (κ2) is 7.38. The highest BCUT2D eigenvalue weighted by Gasteiger charge is 2.34. The molecule has 0 aromatic heterocycles. The van der Waals surface area contributed by atoms with Crippen LogP contribution in [0.3, 0.4) is 0 Å². The van der Waals surface area contributed by atoms with Gasteiger partial charge in [0.15, 0.2) is 0 Å². The minimum atomic E-state index is -0.183. The third kappa shape index (κ3) is 3.42. The molecule has 0 fully saturated rings. The SMILES string of the molecule is COc1ccc(C2C=C(Nc3ccccc3)C(=O)N2c2ccccc2)cc1. The fourth-order valence-corrected chi connectivity index (χ4v) is 3.24. The monoisotopic (exact) mass is 356 g/mol. The number of hydrogen-bond donors (Lipinski definition) is 1. The van der Waals surface area contributed by atoms with Crippen LogP contribution in [0.4, 0.5) is 11.4 Å². The molecular weight excluding hydrogens is 336 g/mol. The summed E-state index contributed by atoms with van der Waals surface area (Å²) < 4.78 is 5.26. The number of para-hydroxylation sites is 2. The quantitative estimate of drug-likeness (QED) is 0.715. The van der Waals surface area contributed by atoms with Crippen LogP contribution >= 0.6 is 0 Å². The van der Waals surface area contributed by atoms with Crippen LogP contribution in [0.25, 0.3) is 0 Å². The first kappa shape index (κ1) is 16.9. The van der Waals surface area contributed by atoms with E-state index in [2.05, 4.69) is 5.32 Å². The van der Waals surface area contributed by atoms with Crippen LogP contribution in [0.15, 0.2) is 96.7 Å². The van der Waals surface area contributed by atoms with E-state index in [0.29, 0.717) is 5.70 Å². The Bertz CT molecular complexity index is 951. The summed E-state index contributed by atoms with van der Waals surface area (Å²) in [6.45, 7) is 0. The molecule has 0 aliphatic carbocycles. The summed E-state index contributed by atoms with van der Waals surface area (Å²) in [6, 6.07) is 27.1. The third-order valence-electron chi connectivity index (χ3n) is 4.60. The summed E-state index contributed by atoms with van der Waals surface area (Å²) in [5.74, 6) is 0.742. The summed E-state index contributed by atoms with van der Waals surface area (Å²) in [7, 11) is 1.65. The number of methoxy groups -OCH3 is 1. The summed E-state index contributed by atoms with van der Waals surface area (Å²) in [6.07, 6.45) is 1.98. The van der Waals surface area contributed by atoms with E-state index in [4.69, 9.17) is 4.74 Å². The molecule has 0 bridgehead atoms. The van der Waals surface area contributed by atoms with E-state index < -0.39 is 0 Å². The Labute approximate surface area is 158 Å². The highest BCUT2D eigenvalue weighted by atomic mass is 16.5. The zero-order valence-electron chi connectivity index (χ0n) is 15.0. The van der Waals surface area contributed by atoms with E-state index in [0.717, 1.165) is 22.7 Å². The van der Waals surface area contributed by atoms with E-state index in [1.807, 2.05) is 95.9 Å². The number of nitrogens with zero attached hydrogens (tertiary/aromatic N) is 1. The zero-order chi connectivity index (χ0) is 18.6. The lowest BCUT2D eigenvalue weighted by Gasteiger charge is -2.25. The van der Waals surface area contributed by atoms with Gasteiger partial charge in [-0.3, -0.25) is 9.69 Å². The first-order chi connectivity index (χ1) is 13.3. The van der Waals surface area contributed by atoms with Crippen molar-refractivity contribution in [3.63, 3.8) is 0 Å². The summed E-state index contributed by atoms with van der Waals surface area (Å²) >= 11 is 0. The Morgan fingerprint density at radius 3 is 2.11 bits per heavy atom. The zero-order valence-corrected chi connectivity index (χ0v) is 15.0. The molecule has 3 aromatic carbocycles. The standard InChI is InChI=1S/C23H20N2O2/c1-27-20-14-12-17(13-15-20)22-16-21(24-18-8-4-2-5-9-18)23(26)25(22)19-10-6-3-7-11-19/h2-16,22,24H,1H3. The Hall–Kier alpha value is -3.53. The fraction of sp³-hybridized carbons (Fsp3) is 0.0870. The highest BCUT2D eigenvalue weighted by molar-refractivity contribution is 6.11. The lowest BCUT2D eigenvalue weighted by molar-refractivity contribution is -0.114. The smallest absolute Gasteiger partial charge is 0.275 e. The molecule has 1 amide bonds. The first-order valence-electron chi connectivity index (χ1n) is 8.83. The van der Waals surface area contributed by atoms with Gasteiger partial charge in [0.25, 0.3) is 5.91 Å². The van der Waals surface area contributed by atoms with Gasteiger partial charge < -0.3 is 10.1 Å². The lowest BCUT2D eigenvalue weighted by atomic mass is 10.1. The topological polar surface area (TPSA) is 41.6 Å². The molecule has 3 aromatic rings. The molecule has 0 saturated heterocycles. The number of amides is 1. The van der Waals surface area contributed by atoms with Crippen LogP contribution in [-0.4, -0.2) is 13.0 Å². The molecule has 1 atom stereocenters. The maximum Gasteiger partial charge on any atom is 0.275 e. The van der Waals surface area contributed by atoms with Gasteiger partial charge in [0.05, 0.1) is 13.2 Å². The maximum atomic E-state index is 13.2. The molecule has 4 rings (SSSR count). The van der Waals surface area contributed by atoms with Gasteiger partial charge in [-0.2, -0.15) is 0 Å². The van der Waals surface area contributed by atoms with Gasteiger partial charge in [-0.25, -0.2) is 0 Å². The molecule has 134 valence electrons. The molecule has 4 nitrogen and oxygen atoms in total. The van der Waals surface area contributed by atoms with Crippen molar-refractivity contribution >= 4 is 17.3 Å². The fourth-order valence-electron chi connectivity index (χ4n) is 3.24. The molecule has 1 unspecified atom stereocenters. The average molecular weight is 356 g/mol. The number of carbonyl (C=O) groups excluding carboxylic acids is 1. The Morgan fingerprint density at radius 1 is 0.852 bits per heavy atom. The van der Waals surface area contributed by atoms with Crippen LogP contribution < -0.4 is 15.0 Å². The van der Waals surface area contributed by atoms with Crippen LogP contribution in [0.2, 0.25) is 0 Å². The maximum absolute atomic E-state index is 13.2. The molecular formula is C23H20N2O2. The van der Waals surface area contributed by atoms with E-state index >= 15 is 0 Å². The van der Waals surface area contributed by atoms with Crippen molar-refractivity contribution < 1.29 is 9.53 Å². The number of ether oxygens (including phenoxy) is 1. The third-order valence-corrected chi connectivity index (χ3v) is 4.60. The predicted octanol–water partition coefficient (Wildman–Crippen LogP) is 4.78. The summed E-state index contributed by atoms with van der Waals surface area (Å²) in [4.78, 5) is 15.0. The van der Waals surface area contributed by atoms with Crippen molar-refractivity contribution in [1.82, 2.24) is 0 Å². The molecule has 1 aliphatic heterocycles. The van der Waals surface area contributed by atoms with Crippen molar-refractivity contribution in [3.05, 3.63) is 102 Å². The molecule has 0 radical (unpaired) electrons. The largest absolute Gasteiger partial charge is 0.497 e.